The zero-order chi connectivity index (χ0) is 15.6. The van der Waals surface area contributed by atoms with Crippen LogP contribution in [0.3, 0.4) is 0 Å². The minimum absolute atomic E-state index is 0.119. The SMILES string of the molecule is CC(c1ccccc1F)N(C)S(=O)(=O)c1c[nH]c(CN)c1. The van der Waals surface area contributed by atoms with Crippen LogP contribution in [0.5, 0.6) is 0 Å². The monoisotopic (exact) mass is 311 g/mol. The van der Waals surface area contributed by atoms with Gasteiger partial charge in [0.05, 0.1) is 4.90 Å². The number of sulfonamides is 1. The Morgan fingerprint density at radius 3 is 2.62 bits per heavy atom. The molecule has 5 nitrogen and oxygen atoms in total. The molecule has 2 aromatic rings. The van der Waals surface area contributed by atoms with E-state index in [9.17, 15) is 12.8 Å². The van der Waals surface area contributed by atoms with E-state index in [4.69, 9.17) is 5.73 Å². The van der Waals surface area contributed by atoms with Crippen LogP contribution in [0.15, 0.2) is 41.4 Å². The molecule has 0 saturated carbocycles. The Balaban J connectivity index is 2.34. The van der Waals surface area contributed by atoms with E-state index in [-0.39, 0.29) is 11.4 Å². The van der Waals surface area contributed by atoms with Gasteiger partial charge in [0.2, 0.25) is 10.0 Å². The summed E-state index contributed by atoms with van der Waals surface area (Å²) in [5, 5.41) is 0. The molecule has 0 spiro atoms. The largest absolute Gasteiger partial charge is 0.363 e. The number of H-pyrrole nitrogens is 1. The number of hydrogen-bond acceptors (Lipinski definition) is 3. The van der Waals surface area contributed by atoms with Crippen molar-refractivity contribution in [3.05, 3.63) is 53.6 Å². The summed E-state index contributed by atoms with van der Waals surface area (Å²) in [4.78, 5) is 2.92. The molecule has 7 heteroatoms. The van der Waals surface area contributed by atoms with Crippen molar-refractivity contribution < 1.29 is 12.8 Å². The van der Waals surface area contributed by atoms with Crippen molar-refractivity contribution in [3.8, 4) is 0 Å². The summed E-state index contributed by atoms with van der Waals surface area (Å²) < 4.78 is 40.0. The van der Waals surface area contributed by atoms with Gasteiger partial charge in [-0.05, 0) is 19.1 Å². The topological polar surface area (TPSA) is 79.2 Å². The lowest BCUT2D eigenvalue weighted by atomic mass is 10.1. The molecule has 0 saturated heterocycles. The Bertz CT molecular complexity index is 727. The van der Waals surface area contributed by atoms with Crippen molar-refractivity contribution in [2.45, 2.75) is 24.4 Å². The van der Waals surface area contributed by atoms with Gasteiger partial charge in [-0.15, -0.1) is 0 Å². The lowest BCUT2D eigenvalue weighted by molar-refractivity contribution is 0.387. The Labute approximate surface area is 123 Å². The molecule has 1 atom stereocenters. The molecule has 1 unspecified atom stereocenters. The van der Waals surface area contributed by atoms with E-state index in [0.717, 1.165) is 4.31 Å². The normalized spacial score (nSPS) is 13.6. The standard InChI is InChI=1S/C14H18FN3O2S/c1-10(13-5-3-4-6-14(13)15)18(2)21(19,20)12-7-11(8-16)17-9-12/h3-7,9-10,17H,8,16H2,1-2H3. The number of nitrogens with two attached hydrogens (primary N) is 1. The van der Waals surface area contributed by atoms with E-state index in [1.165, 1.54) is 25.4 Å². The quantitative estimate of drug-likeness (QED) is 0.886. The molecule has 2 rings (SSSR count). The predicted octanol–water partition coefficient (Wildman–Crippen LogP) is 1.99. The van der Waals surface area contributed by atoms with Crippen LogP contribution in [-0.2, 0) is 16.6 Å². The molecule has 0 radical (unpaired) electrons. The van der Waals surface area contributed by atoms with Gasteiger partial charge in [0.1, 0.15) is 5.82 Å². The van der Waals surface area contributed by atoms with Crippen molar-refractivity contribution >= 4 is 10.0 Å². The molecular formula is C14H18FN3O2S. The molecule has 0 aliphatic rings. The molecule has 1 aromatic carbocycles. The number of hydrogen-bond donors (Lipinski definition) is 2. The maximum absolute atomic E-state index is 13.8. The summed E-state index contributed by atoms with van der Waals surface area (Å²) in [7, 11) is -2.28. The van der Waals surface area contributed by atoms with Crippen molar-refractivity contribution in [2.75, 3.05) is 7.05 Å². The molecule has 0 fully saturated rings. The van der Waals surface area contributed by atoms with Crippen LogP contribution in [-0.4, -0.2) is 24.8 Å². The first kappa shape index (κ1) is 15.7. The summed E-state index contributed by atoms with van der Waals surface area (Å²) in [5.74, 6) is -0.427. The minimum atomic E-state index is -3.71. The van der Waals surface area contributed by atoms with Gasteiger partial charge in [-0.3, -0.25) is 0 Å². The van der Waals surface area contributed by atoms with E-state index < -0.39 is 21.9 Å². The van der Waals surface area contributed by atoms with E-state index in [1.54, 1.807) is 25.1 Å². The van der Waals surface area contributed by atoms with E-state index in [1.807, 2.05) is 0 Å². The fourth-order valence-corrected chi connectivity index (χ4v) is 3.43. The number of benzene rings is 1. The van der Waals surface area contributed by atoms with Crippen molar-refractivity contribution in [3.63, 3.8) is 0 Å². The fraction of sp³-hybridized carbons (Fsp3) is 0.286. The summed E-state index contributed by atoms with van der Waals surface area (Å²) in [6.45, 7) is 1.87. The zero-order valence-corrected chi connectivity index (χ0v) is 12.7. The van der Waals surface area contributed by atoms with Gasteiger partial charge in [0.25, 0.3) is 0 Å². The summed E-state index contributed by atoms with van der Waals surface area (Å²) in [6, 6.07) is 7.01. The summed E-state index contributed by atoms with van der Waals surface area (Å²) in [6.07, 6.45) is 1.39. The Hall–Kier alpha value is -1.70. The highest BCUT2D eigenvalue weighted by Gasteiger charge is 2.28. The molecule has 21 heavy (non-hydrogen) atoms. The molecule has 114 valence electrons. The van der Waals surface area contributed by atoms with Crippen molar-refractivity contribution in [1.29, 1.82) is 0 Å². The van der Waals surface area contributed by atoms with Gasteiger partial charge in [-0.25, -0.2) is 12.8 Å². The van der Waals surface area contributed by atoms with Gasteiger partial charge in [0, 0.05) is 37.1 Å². The third-order valence-electron chi connectivity index (χ3n) is 3.51. The van der Waals surface area contributed by atoms with Gasteiger partial charge in [-0.1, -0.05) is 18.2 Å². The zero-order valence-electron chi connectivity index (χ0n) is 11.9. The van der Waals surface area contributed by atoms with Crippen LogP contribution in [0.2, 0.25) is 0 Å². The first-order chi connectivity index (χ1) is 9.87. The molecule has 0 aliphatic heterocycles. The van der Waals surface area contributed by atoms with E-state index in [0.29, 0.717) is 11.3 Å². The molecular weight excluding hydrogens is 293 g/mol. The summed E-state index contributed by atoms with van der Waals surface area (Å²) in [5.41, 5.74) is 6.42. The van der Waals surface area contributed by atoms with Gasteiger partial charge in [0.15, 0.2) is 0 Å². The van der Waals surface area contributed by atoms with Crippen LogP contribution in [0.25, 0.3) is 0 Å². The number of nitrogens with zero attached hydrogens (tertiary/aromatic N) is 1. The Kier molecular flexibility index (Phi) is 4.46. The first-order valence-corrected chi connectivity index (χ1v) is 7.91. The van der Waals surface area contributed by atoms with E-state index in [2.05, 4.69) is 4.98 Å². The van der Waals surface area contributed by atoms with Crippen LogP contribution >= 0.6 is 0 Å². The first-order valence-electron chi connectivity index (χ1n) is 6.47. The molecule has 1 aromatic heterocycles. The highest BCUT2D eigenvalue weighted by atomic mass is 32.2. The highest BCUT2D eigenvalue weighted by molar-refractivity contribution is 7.89. The Morgan fingerprint density at radius 1 is 1.38 bits per heavy atom. The lowest BCUT2D eigenvalue weighted by Gasteiger charge is -2.24. The number of rotatable bonds is 5. The number of nitrogens with one attached hydrogen (secondary N) is 1. The molecule has 0 aliphatic carbocycles. The maximum Gasteiger partial charge on any atom is 0.244 e. The average molecular weight is 311 g/mol. The number of halogens is 1. The van der Waals surface area contributed by atoms with Crippen molar-refractivity contribution in [1.82, 2.24) is 9.29 Å². The van der Waals surface area contributed by atoms with Gasteiger partial charge >= 0.3 is 0 Å². The van der Waals surface area contributed by atoms with Crippen LogP contribution in [0, 0.1) is 5.82 Å². The van der Waals surface area contributed by atoms with Crippen molar-refractivity contribution in [2.24, 2.45) is 5.73 Å². The number of aromatic amines is 1. The second kappa shape index (κ2) is 5.97. The minimum Gasteiger partial charge on any atom is -0.363 e. The third-order valence-corrected chi connectivity index (χ3v) is 5.42. The molecule has 3 N–H and O–H groups in total. The highest BCUT2D eigenvalue weighted by Crippen LogP contribution is 2.27. The smallest absolute Gasteiger partial charge is 0.244 e. The lowest BCUT2D eigenvalue weighted by Crippen LogP contribution is -2.30. The second-order valence-corrected chi connectivity index (χ2v) is 6.78. The molecule has 1 heterocycles. The summed E-state index contributed by atoms with van der Waals surface area (Å²) >= 11 is 0. The van der Waals surface area contributed by atoms with E-state index >= 15 is 0 Å². The van der Waals surface area contributed by atoms with Crippen LogP contribution < -0.4 is 5.73 Å². The van der Waals surface area contributed by atoms with Crippen LogP contribution in [0.1, 0.15) is 24.2 Å². The number of aromatic nitrogens is 1. The average Bonchev–Trinajstić information content (AvgIpc) is 2.96. The maximum atomic E-state index is 13.8. The van der Waals surface area contributed by atoms with Gasteiger partial charge < -0.3 is 10.7 Å². The van der Waals surface area contributed by atoms with Gasteiger partial charge in [-0.2, -0.15) is 4.31 Å². The van der Waals surface area contributed by atoms with Crippen LogP contribution in [0.4, 0.5) is 4.39 Å². The predicted molar refractivity (Wildman–Crippen MR) is 78.4 cm³/mol. The fourth-order valence-electron chi connectivity index (χ4n) is 2.07. The third kappa shape index (κ3) is 2.99. The second-order valence-electron chi connectivity index (χ2n) is 4.78. The Morgan fingerprint density at radius 2 is 2.05 bits per heavy atom. The molecule has 0 bridgehead atoms. The molecule has 0 amide bonds.